The highest BCUT2D eigenvalue weighted by Gasteiger charge is 2.03. The Kier molecular flexibility index (Phi) is 7.70. The molecule has 1 rings (SSSR count). The SMILES string of the molecule is [N-]=[N+]=Nc1ccc(C(=O)NCCCCCCBr)cc1. The first-order chi connectivity index (χ1) is 9.27. The van der Waals surface area contributed by atoms with E-state index in [1.807, 2.05) is 0 Å². The van der Waals surface area contributed by atoms with Crippen LogP contribution in [0.15, 0.2) is 29.4 Å². The van der Waals surface area contributed by atoms with Gasteiger partial charge in [-0.15, -0.1) is 0 Å². The van der Waals surface area contributed by atoms with E-state index in [2.05, 4.69) is 31.3 Å². The van der Waals surface area contributed by atoms with Crippen molar-refractivity contribution in [3.8, 4) is 0 Å². The second kappa shape index (κ2) is 9.42. The molecule has 0 radical (unpaired) electrons. The molecule has 0 fully saturated rings. The minimum absolute atomic E-state index is 0.0898. The lowest BCUT2D eigenvalue weighted by Crippen LogP contribution is -2.24. The van der Waals surface area contributed by atoms with E-state index in [9.17, 15) is 4.79 Å². The smallest absolute Gasteiger partial charge is 0.251 e. The summed E-state index contributed by atoms with van der Waals surface area (Å²) in [5.41, 5.74) is 9.37. The number of nitrogens with one attached hydrogen (secondary N) is 1. The van der Waals surface area contributed by atoms with Gasteiger partial charge in [0, 0.05) is 28.0 Å². The van der Waals surface area contributed by atoms with Crippen LogP contribution in [0.25, 0.3) is 10.4 Å². The van der Waals surface area contributed by atoms with E-state index in [4.69, 9.17) is 5.53 Å². The Morgan fingerprint density at radius 2 is 1.89 bits per heavy atom. The molecule has 0 aliphatic carbocycles. The molecule has 0 spiro atoms. The van der Waals surface area contributed by atoms with Gasteiger partial charge in [-0.2, -0.15) is 0 Å². The van der Waals surface area contributed by atoms with Crippen molar-refractivity contribution in [2.45, 2.75) is 25.7 Å². The largest absolute Gasteiger partial charge is 0.352 e. The Morgan fingerprint density at radius 1 is 1.21 bits per heavy atom. The molecule has 0 saturated heterocycles. The second-order valence-corrected chi connectivity index (χ2v) is 4.89. The fourth-order valence-electron chi connectivity index (χ4n) is 1.61. The number of benzene rings is 1. The second-order valence-electron chi connectivity index (χ2n) is 4.10. The maximum Gasteiger partial charge on any atom is 0.251 e. The van der Waals surface area contributed by atoms with E-state index < -0.39 is 0 Å². The van der Waals surface area contributed by atoms with Crippen molar-refractivity contribution in [3.05, 3.63) is 40.3 Å². The van der Waals surface area contributed by atoms with Crippen molar-refractivity contribution in [1.29, 1.82) is 0 Å². The van der Waals surface area contributed by atoms with E-state index in [0.717, 1.165) is 18.2 Å². The highest BCUT2D eigenvalue weighted by Crippen LogP contribution is 2.13. The summed E-state index contributed by atoms with van der Waals surface area (Å²) in [6.45, 7) is 0.694. The molecule has 5 nitrogen and oxygen atoms in total. The summed E-state index contributed by atoms with van der Waals surface area (Å²) in [7, 11) is 0. The zero-order valence-corrected chi connectivity index (χ0v) is 12.3. The fourth-order valence-corrected chi connectivity index (χ4v) is 2.00. The van der Waals surface area contributed by atoms with Crippen LogP contribution in [0.4, 0.5) is 5.69 Å². The summed E-state index contributed by atoms with van der Waals surface area (Å²) in [5, 5.41) is 7.37. The molecule has 0 aliphatic heterocycles. The van der Waals surface area contributed by atoms with Crippen LogP contribution in [-0.2, 0) is 0 Å². The molecule has 102 valence electrons. The summed E-state index contributed by atoms with van der Waals surface area (Å²) < 4.78 is 0. The molecular weight excluding hydrogens is 308 g/mol. The molecule has 0 aliphatic rings. The number of halogens is 1. The summed E-state index contributed by atoms with van der Waals surface area (Å²) >= 11 is 3.39. The normalized spacial score (nSPS) is 9.74. The van der Waals surface area contributed by atoms with Gasteiger partial charge < -0.3 is 5.32 Å². The maximum atomic E-state index is 11.8. The van der Waals surface area contributed by atoms with Crippen LogP contribution in [0, 0.1) is 0 Å². The van der Waals surface area contributed by atoms with Crippen LogP contribution < -0.4 is 5.32 Å². The van der Waals surface area contributed by atoms with E-state index in [1.165, 1.54) is 12.8 Å². The van der Waals surface area contributed by atoms with Crippen molar-refractivity contribution in [1.82, 2.24) is 5.32 Å². The van der Waals surface area contributed by atoms with Crippen LogP contribution in [0.3, 0.4) is 0 Å². The monoisotopic (exact) mass is 324 g/mol. The first-order valence-electron chi connectivity index (χ1n) is 6.27. The van der Waals surface area contributed by atoms with Crippen molar-refractivity contribution in [2.24, 2.45) is 5.11 Å². The van der Waals surface area contributed by atoms with Gasteiger partial charge in [0.25, 0.3) is 5.91 Å². The molecule has 6 heteroatoms. The van der Waals surface area contributed by atoms with Crippen molar-refractivity contribution in [3.63, 3.8) is 0 Å². The van der Waals surface area contributed by atoms with E-state index in [0.29, 0.717) is 17.8 Å². The lowest BCUT2D eigenvalue weighted by Gasteiger charge is -2.05. The van der Waals surface area contributed by atoms with E-state index in [1.54, 1.807) is 24.3 Å². The average Bonchev–Trinajstić information content (AvgIpc) is 2.43. The molecule has 0 saturated carbocycles. The average molecular weight is 325 g/mol. The summed E-state index contributed by atoms with van der Waals surface area (Å²) in [4.78, 5) is 14.5. The number of alkyl halides is 1. The van der Waals surface area contributed by atoms with E-state index in [-0.39, 0.29) is 5.91 Å². The Morgan fingerprint density at radius 3 is 2.53 bits per heavy atom. The fraction of sp³-hybridized carbons (Fsp3) is 0.462. The molecule has 0 bridgehead atoms. The maximum absolute atomic E-state index is 11.8. The zero-order chi connectivity index (χ0) is 13.9. The summed E-state index contributed by atoms with van der Waals surface area (Å²) in [5.74, 6) is -0.0898. The quantitative estimate of drug-likeness (QED) is 0.250. The van der Waals surface area contributed by atoms with Crippen molar-refractivity contribution in [2.75, 3.05) is 11.9 Å². The van der Waals surface area contributed by atoms with Crippen LogP contribution >= 0.6 is 15.9 Å². The summed E-state index contributed by atoms with van der Waals surface area (Å²) in [6, 6.07) is 6.57. The van der Waals surface area contributed by atoms with Crippen molar-refractivity contribution < 1.29 is 4.79 Å². The lowest BCUT2D eigenvalue weighted by molar-refractivity contribution is 0.0953. The Balaban J connectivity index is 2.31. The molecular formula is C13H17BrN4O. The predicted octanol–water partition coefficient (Wildman–Crippen LogP) is 4.31. The molecule has 1 N–H and O–H groups in total. The topological polar surface area (TPSA) is 77.9 Å². The minimum Gasteiger partial charge on any atom is -0.352 e. The molecule has 0 atom stereocenters. The highest BCUT2D eigenvalue weighted by molar-refractivity contribution is 9.09. The third-order valence-electron chi connectivity index (χ3n) is 2.64. The minimum atomic E-state index is -0.0898. The van der Waals surface area contributed by atoms with Crippen molar-refractivity contribution >= 4 is 27.5 Å². The Hall–Kier alpha value is -1.52. The number of unbranched alkanes of at least 4 members (excludes halogenated alkanes) is 3. The Labute approximate surface area is 121 Å². The van der Waals surface area contributed by atoms with Gasteiger partial charge in [-0.25, -0.2) is 0 Å². The molecule has 1 aromatic carbocycles. The number of rotatable bonds is 8. The number of azide groups is 1. The Bertz CT molecular complexity index is 440. The van der Waals surface area contributed by atoms with Gasteiger partial charge >= 0.3 is 0 Å². The van der Waals surface area contributed by atoms with Gasteiger partial charge in [-0.3, -0.25) is 4.79 Å². The zero-order valence-electron chi connectivity index (χ0n) is 10.7. The first-order valence-corrected chi connectivity index (χ1v) is 7.39. The molecule has 0 aromatic heterocycles. The number of amides is 1. The molecule has 0 heterocycles. The van der Waals surface area contributed by atoms with Gasteiger partial charge in [0.1, 0.15) is 0 Å². The third-order valence-corrected chi connectivity index (χ3v) is 3.20. The molecule has 1 aromatic rings. The van der Waals surface area contributed by atoms with E-state index >= 15 is 0 Å². The number of carbonyl (C=O) groups excluding carboxylic acids is 1. The van der Waals surface area contributed by atoms with Crippen LogP contribution in [0.1, 0.15) is 36.0 Å². The van der Waals surface area contributed by atoms with Gasteiger partial charge in [-0.1, -0.05) is 46.0 Å². The molecule has 19 heavy (non-hydrogen) atoms. The summed E-state index contributed by atoms with van der Waals surface area (Å²) in [6.07, 6.45) is 4.48. The number of carbonyl (C=O) groups is 1. The first kappa shape index (κ1) is 15.5. The number of nitrogens with zero attached hydrogens (tertiary/aromatic N) is 3. The van der Waals surface area contributed by atoms with Gasteiger partial charge in [0.05, 0.1) is 0 Å². The standard InChI is InChI=1S/C13H17BrN4O/c14-9-3-1-2-4-10-16-13(19)11-5-7-12(8-6-11)17-18-15/h5-8H,1-4,9-10H2,(H,16,19). The highest BCUT2D eigenvalue weighted by atomic mass is 79.9. The van der Waals surface area contributed by atoms with Crippen LogP contribution in [0.2, 0.25) is 0 Å². The lowest BCUT2D eigenvalue weighted by atomic mass is 10.2. The van der Waals surface area contributed by atoms with Gasteiger partial charge in [-0.05, 0) is 30.5 Å². The molecule has 1 amide bonds. The van der Waals surface area contributed by atoms with Gasteiger partial charge in [0.15, 0.2) is 0 Å². The molecule has 0 unspecified atom stereocenters. The predicted molar refractivity (Wildman–Crippen MR) is 79.8 cm³/mol. The third kappa shape index (κ3) is 6.27. The number of hydrogen-bond donors (Lipinski definition) is 1. The number of hydrogen-bond acceptors (Lipinski definition) is 2. The van der Waals surface area contributed by atoms with Crippen LogP contribution in [0.5, 0.6) is 0 Å². The van der Waals surface area contributed by atoms with Gasteiger partial charge in [0.2, 0.25) is 0 Å². The van der Waals surface area contributed by atoms with Crippen LogP contribution in [-0.4, -0.2) is 17.8 Å².